The third-order valence-corrected chi connectivity index (χ3v) is 4.08. The largest absolute Gasteiger partial charge is 0.462 e. The zero-order valence-corrected chi connectivity index (χ0v) is 13.8. The number of aromatic nitrogens is 1. The highest BCUT2D eigenvalue weighted by Gasteiger charge is 2.24. The third kappa shape index (κ3) is 4.11. The van der Waals surface area contributed by atoms with Gasteiger partial charge in [-0.3, -0.25) is 0 Å². The molecule has 24 heavy (non-hydrogen) atoms. The number of anilines is 1. The van der Waals surface area contributed by atoms with Crippen LogP contribution in [-0.2, 0) is 9.47 Å². The van der Waals surface area contributed by atoms with E-state index in [4.69, 9.17) is 9.47 Å². The molecule has 1 N–H and O–H groups in total. The Kier molecular flexibility index (Phi) is 5.43. The molecule has 1 aromatic carbocycles. The number of hydrogen-bond acceptors (Lipinski definition) is 5. The van der Waals surface area contributed by atoms with Crippen molar-refractivity contribution in [1.29, 1.82) is 0 Å². The van der Waals surface area contributed by atoms with Crippen LogP contribution in [0.1, 0.15) is 41.8 Å². The number of pyridine rings is 1. The van der Waals surface area contributed by atoms with E-state index in [1.807, 2.05) is 24.3 Å². The lowest BCUT2D eigenvalue weighted by atomic mass is 9.97. The van der Waals surface area contributed by atoms with Crippen molar-refractivity contribution in [2.45, 2.75) is 31.9 Å². The van der Waals surface area contributed by atoms with Crippen LogP contribution in [0.3, 0.4) is 0 Å². The number of benzene rings is 1. The Labute approximate surface area is 142 Å². The molecule has 1 aliphatic heterocycles. The maximum Gasteiger partial charge on any atom is 0.339 e. The van der Waals surface area contributed by atoms with E-state index in [0.717, 1.165) is 25.3 Å². The Morgan fingerprint density at radius 2 is 2.12 bits per heavy atom. The number of rotatable bonds is 5. The summed E-state index contributed by atoms with van der Waals surface area (Å²) >= 11 is 0. The van der Waals surface area contributed by atoms with E-state index < -0.39 is 0 Å². The van der Waals surface area contributed by atoms with Crippen LogP contribution < -0.4 is 5.32 Å². The molecule has 0 amide bonds. The molecule has 2 aromatic rings. The van der Waals surface area contributed by atoms with Gasteiger partial charge in [0.2, 0.25) is 0 Å². The van der Waals surface area contributed by atoms with E-state index in [2.05, 4.69) is 22.4 Å². The van der Waals surface area contributed by atoms with Crippen LogP contribution in [-0.4, -0.2) is 30.2 Å². The molecule has 0 radical (unpaired) electrons. The summed E-state index contributed by atoms with van der Waals surface area (Å²) in [7, 11) is 0. The maximum atomic E-state index is 11.6. The number of ether oxygens (including phenoxy) is 2. The lowest BCUT2D eigenvalue weighted by Crippen LogP contribution is -2.30. The summed E-state index contributed by atoms with van der Waals surface area (Å²) in [6.07, 6.45) is 3.49. The van der Waals surface area contributed by atoms with Crippen molar-refractivity contribution in [3.63, 3.8) is 0 Å². The number of carbonyl (C=O) groups excluding carboxylic acids is 1. The fraction of sp³-hybridized carbons (Fsp3) is 0.368. The molecule has 1 fully saturated rings. The first kappa shape index (κ1) is 16.5. The standard InChI is InChI=1S/C19H22N2O3/c1-2-23-19(22)15-8-9-18(20-13-15)21-16-10-11-24-17(12-16)14-6-4-3-5-7-14/h3-9,13,16-17H,2,10-12H2,1H3,(H,20,21). The molecule has 0 bridgehead atoms. The summed E-state index contributed by atoms with van der Waals surface area (Å²) < 4.78 is 10.9. The lowest BCUT2D eigenvalue weighted by molar-refractivity contribution is 0.00974. The van der Waals surface area contributed by atoms with Gasteiger partial charge in [0.05, 0.1) is 18.3 Å². The van der Waals surface area contributed by atoms with E-state index in [0.29, 0.717) is 18.2 Å². The summed E-state index contributed by atoms with van der Waals surface area (Å²) in [6, 6.07) is 14.1. The van der Waals surface area contributed by atoms with Crippen LogP contribution in [0.25, 0.3) is 0 Å². The van der Waals surface area contributed by atoms with Crippen molar-refractivity contribution in [2.24, 2.45) is 0 Å². The molecule has 1 aliphatic rings. The molecule has 0 saturated carbocycles. The fourth-order valence-corrected chi connectivity index (χ4v) is 2.85. The van der Waals surface area contributed by atoms with Gasteiger partial charge in [0, 0.05) is 18.8 Å². The molecule has 126 valence electrons. The summed E-state index contributed by atoms with van der Waals surface area (Å²) in [5, 5.41) is 3.44. The zero-order valence-electron chi connectivity index (χ0n) is 13.8. The topological polar surface area (TPSA) is 60.5 Å². The van der Waals surface area contributed by atoms with Gasteiger partial charge in [-0.15, -0.1) is 0 Å². The fourth-order valence-electron chi connectivity index (χ4n) is 2.85. The van der Waals surface area contributed by atoms with Gasteiger partial charge in [0.1, 0.15) is 5.82 Å². The molecule has 2 heterocycles. The highest BCUT2D eigenvalue weighted by Crippen LogP contribution is 2.29. The zero-order chi connectivity index (χ0) is 16.8. The quantitative estimate of drug-likeness (QED) is 0.851. The van der Waals surface area contributed by atoms with Crippen LogP contribution in [0.5, 0.6) is 0 Å². The first-order valence-electron chi connectivity index (χ1n) is 8.32. The van der Waals surface area contributed by atoms with Gasteiger partial charge in [-0.1, -0.05) is 30.3 Å². The smallest absolute Gasteiger partial charge is 0.339 e. The maximum absolute atomic E-state index is 11.6. The predicted molar refractivity (Wildman–Crippen MR) is 92.0 cm³/mol. The molecule has 2 unspecified atom stereocenters. The Bertz CT molecular complexity index is 658. The van der Waals surface area contributed by atoms with Crippen LogP contribution in [0.2, 0.25) is 0 Å². The van der Waals surface area contributed by atoms with E-state index in [1.54, 1.807) is 19.2 Å². The second kappa shape index (κ2) is 7.93. The Morgan fingerprint density at radius 3 is 2.83 bits per heavy atom. The van der Waals surface area contributed by atoms with Gasteiger partial charge in [-0.05, 0) is 37.5 Å². The molecular weight excluding hydrogens is 304 g/mol. The molecule has 0 spiro atoms. The first-order chi connectivity index (χ1) is 11.8. The Hall–Kier alpha value is -2.40. The summed E-state index contributed by atoms with van der Waals surface area (Å²) in [6.45, 7) is 2.87. The monoisotopic (exact) mass is 326 g/mol. The van der Waals surface area contributed by atoms with Gasteiger partial charge in [0.25, 0.3) is 0 Å². The minimum absolute atomic E-state index is 0.108. The van der Waals surface area contributed by atoms with Crippen molar-refractivity contribution in [1.82, 2.24) is 4.98 Å². The van der Waals surface area contributed by atoms with Gasteiger partial charge in [0.15, 0.2) is 0 Å². The number of nitrogens with zero attached hydrogens (tertiary/aromatic N) is 1. The Morgan fingerprint density at radius 1 is 1.29 bits per heavy atom. The highest BCUT2D eigenvalue weighted by atomic mass is 16.5. The first-order valence-corrected chi connectivity index (χ1v) is 8.32. The van der Waals surface area contributed by atoms with Gasteiger partial charge in [-0.25, -0.2) is 9.78 Å². The number of esters is 1. The number of hydrogen-bond donors (Lipinski definition) is 1. The molecule has 1 saturated heterocycles. The number of carbonyl (C=O) groups is 1. The summed E-state index contributed by atoms with van der Waals surface area (Å²) in [5.74, 6) is 0.425. The van der Waals surface area contributed by atoms with Crippen LogP contribution >= 0.6 is 0 Å². The molecule has 5 nitrogen and oxygen atoms in total. The van der Waals surface area contributed by atoms with Gasteiger partial charge >= 0.3 is 5.97 Å². The van der Waals surface area contributed by atoms with E-state index in [9.17, 15) is 4.79 Å². The molecule has 0 aliphatic carbocycles. The molecular formula is C19H22N2O3. The van der Waals surface area contributed by atoms with Crippen molar-refractivity contribution in [2.75, 3.05) is 18.5 Å². The average molecular weight is 326 g/mol. The molecule has 1 aromatic heterocycles. The minimum Gasteiger partial charge on any atom is -0.462 e. The highest BCUT2D eigenvalue weighted by molar-refractivity contribution is 5.89. The van der Waals surface area contributed by atoms with E-state index in [-0.39, 0.29) is 12.1 Å². The van der Waals surface area contributed by atoms with Gasteiger partial charge < -0.3 is 14.8 Å². The van der Waals surface area contributed by atoms with Crippen molar-refractivity contribution >= 4 is 11.8 Å². The Balaban J connectivity index is 1.60. The lowest BCUT2D eigenvalue weighted by Gasteiger charge is -2.30. The van der Waals surface area contributed by atoms with E-state index in [1.165, 1.54) is 5.56 Å². The summed E-state index contributed by atoms with van der Waals surface area (Å²) in [5.41, 5.74) is 1.67. The van der Waals surface area contributed by atoms with Crippen LogP contribution in [0.15, 0.2) is 48.7 Å². The normalized spacial score (nSPS) is 20.4. The van der Waals surface area contributed by atoms with Crippen molar-refractivity contribution < 1.29 is 14.3 Å². The van der Waals surface area contributed by atoms with Gasteiger partial charge in [-0.2, -0.15) is 0 Å². The molecule has 5 heteroatoms. The summed E-state index contributed by atoms with van der Waals surface area (Å²) in [4.78, 5) is 16.0. The SMILES string of the molecule is CCOC(=O)c1ccc(NC2CCOC(c3ccccc3)C2)nc1. The van der Waals surface area contributed by atoms with Crippen LogP contribution in [0.4, 0.5) is 5.82 Å². The average Bonchev–Trinajstić information content (AvgIpc) is 2.63. The van der Waals surface area contributed by atoms with E-state index >= 15 is 0 Å². The predicted octanol–water partition coefficient (Wildman–Crippen LogP) is 3.59. The molecule has 2 atom stereocenters. The third-order valence-electron chi connectivity index (χ3n) is 4.08. The van der Waals surface area contributed by atoms with Crippen molar-refractivity contribution in [3.05, 3.63) is 59.8 Å². The second-order valence-corrected chi connectivity index (χ2v) is 5.79. The van der Waals surface area contributed by atoms with Crippen LogP contribution in [0, 0.1) is 0 Å². The van der Waals surface area contributed by atoms with Crippen molar-refractivity contribution in [3.8, 4) is 0 Å². The minimum atomic E-state index is -0.341. The number of nitrogens with one attached hydrogen (secondary N) is 1. The second-order valence-electron chi connectivity index (χ2n) is 5.79. The molecule has 3 rings (SSSR count).